The minimum Gasteiger partial charge on any atom is -0.183 e. The van der Waals surface area contributed by atoms with E-state index in [0.717, 1.165) is 0 Å². The Labute approximate surface area is 144 Å². The molecule has 0 aromatic carbocycles. The molecule has 0 spiro atoms. The van der Waals surface area contributed by atoms with E-state index in [1.807, 2.05) is 0 Å². The SMILES string of the molecule is CCCCCCCS(Br)(CCCCC)CCCCCCC. The summed E-state index contributed by atoms with van der Waals surface area (Å²) in [5, 5.41) is 0. The van der Waals surface area contributed by atoms with Crippen molar-refractivity contribution >= 4 is 23.3 Å². The van der Waals surface area contributed by atoms with Crippen molar-refractivity contribution in [2.75, 3.05) is 17.3 Å². The molecule has 0 nitrogen and oxygen atoms in total. The summed E-state index contributed by atoms with van der Waals surface area (Å²) >= 11 is 4.24. The van der Waals surface area contributed by atoms with Gasteiger partial charge >= 0.3 is 0 Å². The standard InChI is InChI=1S/C19H41BrS/c1-4-7-10-12-15-18-21(20,17-14-9-6-3)19-16-13-11-8-5-2/h4-19H2,1-3H3. The summed E-state index contributed by atoms with van der Waals surface area (Å²) in [6.45, 7) is 6.93. The highest BCUT2D eigenvalue weighted by Crippen LogP contribution is 2.57. The second kappa shape index (κ2) is 15.7. The predicted octanol–water partition coefficient (Wildman–Crippen LogP) is 8.23. The molecule has 0 aromatic rings. The Bertz CT molecular complexity index is 192. The molecule has 0 amide bonds. The molecule has 2 heteroatoms. The molecule has 0 heterocycles. The molecular formula is C19H41BrS. The average molecular weight is 382 g/mol. The van der Waals surface area contributed by atoms with Crippen LogP contribution >= 0.6 is 23.3 Å². The zero-order valence-electron chi connectivity index (χ0n) is 15.1. The van der Waals surface area contributed by atoms with Gasteiger partial charge in [-0.2, -0.15) is 8.46 Å². The van der Waals surface area contributed by atoms with Crippen LogP contribution in [0.15, 0.2) is 0 Å². The van der Waals surface area contributed by atoms with Gasteiger partial charge in [0.25, 0.3) is 0 Å². The first-order valence-corrected chi connectivity index (χ1v) is 13.6. The van der Waals surface area contributed by atoms with Gasteiger partial charge in [0.05, 0.1) is 0 Å². The molecule has 0 aliphatic heterocycles. The van der Waals surface area contributed by atoms with E-state index in [-0.39, 0.29) is 0 Å². The van der Waals surface area contributed by atoms with Gasteiger partial charge in [0.2, 0.25) is 0 Å². The van der Waals surface area contributed by atoms with E-state index in [9.17, 15) is 0 Å². The zero-order chi connectivity index (χ0) is 15.8. The summed E-state index contributed by atoms with van der Waals surface area (Å²) in [7, 11) is -0.473. The van der Waals surface area contributed by atoms with E-state index in [2.05, 4.69) is 35.6 Å². The fourth-order valence-electron chi connectivity index (χ4n) is 2.85. The van der Waals surface area contributed by atoms with E-state index in [1.165, 1.54) is 101 Å². The number of hydrogen-bond acceptors (Lipinski definition) is 0. The number of unbranched alkanes of at least 4 members (excludes halogenated alkanes) is 10. The maximum absolute atomic E-state index is 4.24. The Balaban J connectivity index is 3.95. The number of halogens is 1. The molecule has 0 unspecified atom stereocenters. The van der Waals surface area contributed by atoms with Gasteiger partial charge in [0.15, 0.2) is 0 Å². The topological polar surface area (TPSA) is 0 Å². The maximum Gasteiger partial charge on any atom is -0.0136 e. The molecule has 0 bridgehead atoms. The van der Waals surface area contributed by atoms with Gasteiger partial charge in [-0.1, -0.05) is 85.0 Å². The van der Waals surface area contributed by atoms with Crippen molar-refractivity contribution in [3.05, 3.63) is 0 Å². The summed E-state index contributed by atoms with van der Waals surface area (Å²) < 4.78 is 0. The van der Waals surface area contributed by atoms with Gasteiger partial charge in [-0.25, -0.2) is 0 Å². The molecule has 0 aliphatic carbocycles. The largest absolute Gasteiger partial charge is 0.183 e. The molecule has 130 valence electrons. The Morgan fingerprint density at radius 1 is 0.476 bits per heavy atom. The van der Waals surface area contributed by atoms with E-state index in [4.69, 9.17) is 0 Å². The van der Waals surface area contributed by atoms with Gasteiger partial charge in [0.1, 0.15) is 0 Å². The Hall–Kier alpha value is 0.830. The lowest BCUT2D eigenvalue weighted by atomic mass is 10.2. The molecule has 0 atom stereocenters. The van der Waals surface area contributed by atoms with E-state index >= 15 is 0 Å². The first-order chi connectivity index (χ1) is 10.2. The van der Waals surface area contributed by atoms with Crippen molar-refractivity contribution in [3.8, 4) is 0 Å². The second-order valence-electron chi connectivity index (χ2n) is 6.59. The van der Waals surface area contributed by atoms with Gasteiger partial charge in [0, 0.05) is 0 Å². The molecule has 0 radical (unpaired) electrons. The van der Waals surface area contributed by atoms with Crippen molar-refractivity contribution in [3.63, 3.8) is 0 Å². The fraction of sp³-hybridized carbons (Fsp3) is 1.00. The van der Waals surface area contributed by atoms with Crippen LogP contribution in [0.4, 0.5) is 0 Å². The lowest BCUT2D eigenvalue weighted by Crippen LogP contribution is -2.08. The van der Waals surface area contributed by atoms with Gasteiger partial charge in [-0.3, -0.25) is 0 Å². The van der Waals surface area contributed by atoms with Crippen LogP contribution in [0.5, 0.6) is 0 Å². The molecule has 0 rings (SSSR count). The Morgan fingerprint density at radius 2 is 0.762 bits per heavy atom. The first-order valence-electron chi connectivity index (χ1n) is 9.64. The highest BCUT2D eigenvalue weighted by Gasteiger charge is 2.19. The van der Waals surface area contributed by atoms with Crippen LogP contribution in [0.1, 0.15) is 104 Å². The third kappa shape index (κ3) is 14.2. The van der Waals surface area contributed by atoms with Crippen LogP contribution < -0.4 is 0 Å². The summed E-state index contributed by atoms with van der Waals surface area (Å²) in [6.07, 6.45) is 18.5. The summed E-state index contributed by atoms with van der Waals surface area (Å²) in [4.78, 5) is 0. The van der Waals surface area contributed by atoms with Gasteiger partial charge in [-0.05, 0) is 51.3 Å². The van der Waals surface area contributed by atoms with E-state index in [1.54, 1.807) is 0 Å². The third-order valence-electron chi connectivity index (χ3n) is 4.34. The quantitative estimate of drug-likeness (QED) is 0.236. The molecule has 0 saturated heterocycles. The highest BCUT2D eigenvalue weighted by atomic mass is 79.9. The van der Waals surface area contributed by atoms with Gasteiger partial charge < -0.3 is 0 Å². The normalized spacial score (nSPS) is 12.8. The van der Waals surface area contributed by atoms with Gasteiger partial charge in [-0.15, -0.1) is 0 Å². The molecule has 0 saturated carbocycles. The van der Waals surface area contributed by atoms with Crippen molar-refractivity contribution in [1.29, 1.82) is 0 Å². The van der Waals surface area contributed by atoms with Crippen molar-refractivity contribution in [2.45, 2.75) is 104 Å². The lowest BCUT2D eigenvalue weighted by Gasteiger charge is -2.34. The number of hydrogen-bond donors (Lipinski definition) is 0. The third-order valence-corrected chi connectivity index (χ3v) is 10.3. The van der Waals surface area contributed by atoms with E-state index < -0.39 is 8.46 Å². The molecule has 0 aromatic heterocycles. The summed E-state index contributed by atoms with van der Waals surface area (Å²) in [5.41, 5.74) is 0. The molecule has 0 N–H and O–H groups in total. The van der Waals surface area contributed by atoms with Crippen molar-refractivity contribution < 1.29 is 0 Å². The molecule has 21 heavy (non-hydrogen) atoms. The average Bonchev–Trinajstić information content (AvgIpc) is 2.47. The minimum atomic E-state index is -0.473. The second-order valence-corrected chi connectivity index (χ2v) is 13.8. The molecular weight excluding hydrogens is 340 g/mol. The highest BCUT2D eigenvalue weighted by molar-refractivity contribution is 9.58. The van der Waals surface area contributed by atoms with Crippen LogP contribution in [0, 0.1) is 0 Å². The number of rotatable bonds is 16. The lowest BCUT2D eigenvalue weighted by molar-refractivity contribution is 0.653. The minimum absolute atomic E-state index is 0.473. The monoisotopic (exact) mass is 380 g/mol. The maximum atomic E-state index is 4.24. The first kappa shape index (κ1) is 21.8. The van der Waals surface area contributed by atoms with Crippen LogP contribution in [0.25, 0.3) is 0 Å². The smallest absolute Gasteiger partial charge is 0.0136 e. The fourth-order valence-corrected chi connectivity index (χ4v) is 7.68. The summed E-state index contributed by atoms with van der Waals surface area (Å²) in [6, 6.07) is 0. The van der Waals surface area contributed by atoms with Crippen LogP contribution in [-0.2, 0) is 0 Å². The van der Waals surface area contributed by atoms with Crippen molar-refractivity contribution in [2.24, 2.45) is 0 Å². The van der Waals surface area contributed by atoms with Crippen LogP contribution in [0.2, 0.25) is 0 Å². The van der Waals surface area contributed by atoms with Crippen molar-refractivity contribution in [1.82, 2.24) is 0 Å². The van der Waals surface area contributed by atoms with Crippen LogP contribution in [0.3, 0.4) is 0 Å². The van der Waals surface area contributed by atoms with E-state index in [0.29, 0.717) is 0 Å². The Kier molecular flexibility index (Phi) is 16.3. The predicted molar refractivity (Wildman–Crippen MR) is 108 cm³/mol. The molecule has 0 aliphatic rings. The summed E-state index contributed by atoms with van der Waals surface area (Å²) in [5.74, 6) is 4.44. The van der Waals surface area contributed by atoms with Crippen LogP contribution in [-0.4, -0.2) is 17.3 Å². The Morgan fingerprint density at radius 3 is 1.14 bits per heavy atom. The molecule has 0 fully saturated rings. The zero-order valence-corrected chi connectivity index (χ0v) is 17.5.